The Labute approximate surface area is 130 Å². The Morgan fingerprint density at radius 3 is 2.52 bits per heavy atom. The van der Waals surface area contributed by atoms with Gasteiger partial charge in [-0.2, -0.15) is 5.10 Å². The maximum atomic E-state index is 5.90. The highest BCUT2D eigenvalue weighted by molar-refractivity contribution is 6.30. The van der Waals surface area contributed by atoms with Crippen molar-refractivity contribution in [3.8, 4) is 0 Å². The van der Waals surface area contributed by atoms with E-state index in [4.69, 9.17) is 11.6 Å². The minimum atomic E-state index is 0.694. The van der Waals surface area contributed by atoms with Crippen molar-refractivity contribution in [1.29, 1.82) is 0 Å². The molecule has 0 unspecified atom stereocenters. The van der Waals surface area contributed by atoms with Gasteiger partial charge in [-0.3, -0.25) is 0 Å². The van der Waals surface area contributed by atoms with E-state index in [9.17, 15) is 0 Å². The molecule has 0 amide bonds. The highest BCUT2D eigenvalue weighted by Crippen LogP contribution is 2.19. The summed E-state index contributed by atoms with van der Waals surface area (Å²) in [6.07, 6.45) is 2.57. The second-order valence-electron chi connectivity index (χ2n) is 5.52. The number of nitrogens with zero attached hydrogens (tertiary/aromatic N) is 3. The first-order valence-corrected chi connectivity index (χ1v) is 7.60. The Morgan fingerprint density at radius 1 is 1.14 bits per heavy atom. The lowest BCUT2D eigenvalue weighted by Crippen LogP contribution is -2.20. The van der Waals surface area contributed by atoms with E-state index in [1.165, 1.54) is 18.4 Å². The summed E-state index contributed by atoms with van der Waals surface area (Å²) in [6, 6.07) is 12.6. The number of hydrogen-bond donors (Lipinski definition) is 1. The summed E-state index contributed by atoms with van der Waals surface area (Å²) in [7, 11) is 2.01. The van der Waals surface area contributed by atoms with Gasteiger partial charge in [0.2, 0.25) is 0 Å². The third-order valence-electron chi connectivity index (χ3n) is 3.58. The highest BCUT2D eigenvalue weighted by atomic mass is 35.5. The normalized spacial score (nSPS) is 14.2. The van der Waals surface area contributed by atoms with Gasteiger partial charge in [0.1, 0.15) is 0 Å². The lowest BCUT2D eigenvalue weighted by Gasteiger charge is -2.17. The van der Waals surface area contributed by atoms with E-state index in [2.05, 4.69) is 20.4 Å². The first kappa shape index (κ1) is 14.3. The number of aromatic nitrogens is 2. The Kier molecular flexibility index (Phi) is 4.36. The Bertz CT molecular complexity index is 578. The van der Waals surface area contributed by atoms with Crippen molar-refractivity contribution in [2.24, 2.45) is 0 Å². The summed E-state index contributed by atoms with van der Waals surface area (Å²) >= 11 is 5.90. The molecule has 1 heterocycles. The van der Waals surface area contributed by atoms with E-state index in [0.717, 1.165) is 29.6 Å². The quantitative estimate of drug-likeness (QED) is 0.890. The molecule has 2 aromatic rings. The number of halogens is 1. The van der Waals surface area contributed by atoms with Crippen LogP contribution in [0, 0.1) is 0 Å². The van der Waals surface area contributed by atoms with Crippen molar-refractivity contribution in [2.75, 3.05) is 11.9 Å². The van der Waals surface area contributed by atoms with Crippen molar-refractivity contribution in [3.05, 3.63) is 52.7 Å². The molecule has 0 spiro atoms. The molecule has 21 heavy (non-hydrogen) atoms. The molecule has 1 aromatic heterocycles. The van der Waals surface area contributed by atoms with Crippen LogP contribution in [0.4, 0.5) is 5.82 Å². The largest absolute Gasteiger partial charge is 0.354 e. The van der Waals surface area contributed by atoms with Gasteiger partial charge >= 0.3 is 0 Å². The molecule has 1 saturated carbocycles. The van der Waals surface area contributed by atoms with Crippen LogP contribution in [0.2, 0.25) is 5.02 Å². The molecule has 4 nitrogen and oxygen atoms in total. The van der Waals surface area contributed by atoms with Crippen LogP contribution in [-0.4, -0.2) is 23.3 Å². The molecule has 1 aliphatic rings. The lowest BCUT2D eigenvalue weighted by atomic mass is 10.2. The first-order valence-electron chi connectivity index (χ1n) is 7.22. The molecule has 0 aliphatic heterocycles. The number of hydrogen-bond acceptors (Lipinski definition) is 4. The average molecular weight is 303 g/mol. The smallest absolute Gasteiger partial charge is 0.151 e. The van der Waals surface area contributed by atoms with Gasteiger partial charge in [0.25, 0.3) is 0 Å². The molecular weight excluding hydrogens is 284 g/mol. The molecule has 3 rings (SSSR count). The van der Waals surface area contributed by atoms with E-state index in [-0.39, 0.29) is 0 Å². The second kappa shape index (κ2) is 6.41. The van der Waals surface area contributed by atoms with Gasteiger partial charge in [-0.25, -0.2) is 0 Å². The fourth-order valence-corrected chi connectivity index (χ4v) is 2.26. The fraction of sp³-hybridized carbons (Fsp3) is 0.375. The Morgan fingerprint density at radius 2 is 1.90 bits per heavy atom. The molecule has 0 atom stereocenters. The summed E-state index contributed by atoms with van der Waals surface area (Å²) in [5.41, 5.74) is 2.19. The van der Waals surface area contributed by atoms with E-state index in [1.807, 2.05) is 43.4 Å². The summed E-state index contributed by atoms with van der Waals surface area (Å²) in [5.74, 6) is 0.875. The van der Waals surface area contributed by atoms with Crippen molar-refractivity contribution in [1.82, 2.24) is 15.5 Å². The standard InChI is InChI=1S/C16H19ClN4/c1-21(11-12-2-4-13(17)5-3-12)16-9-8-15(19-20-16)10-18-14-6-7-14/h2-5,8-9,14,18H,6-7,10-11H2,1H3. The maximum Gasteiger partial charge on any atom is 0.151 e. The zero-order valence-electron chi connectivity index (χ0n) is 12.1. The zero-order valence-corrected chi connectivity index (χ0v) is 12.8. The van der Waals surface area contributed by atoms with Gasteiger partial charge < -0.3 is 10.2 Å². The van der Waals surface area contributed by atoms with Crippen molar-refractivity contribution in [2.45, 2.75) is 32.0 Å². The molecule has 1 aliphatic carbocycles. The van der Waals surface area contributed by atoms with Crippen LogP contribution in [0.1, 0.15) is 24.1 Å². The van der Waals surface area contributed by atoms with Gasteiger partial charge in [0.15, 0.2) is 5.82 Å². The zero-order chi connectivity index (χ0) is 14.7. The minimum absolute atomic E-state index is 0.694. The van der Waals surface area contributed by atoms with Crippen molar-refractivity contribution >= 4 is 17.4 Å². The fourth-order valence-electron chi connectivity index (χ4n) is 2.13. The molecule has 1 aromatic carbocycles. The van der Waals surface area contributed by atoms with Crippen molar-refractivity contribution < 1.29 is 0 Å². The van der Waals surface area contributed by atoms with E-state index in [1.54, 1.807) is 0 Å². The van der Waals surface area contributed by atoms with Crippen LogP contribution in [-0.2, 0) is 13.1 Å². The average Bonchev–Trinajstić information content (AvgIpc) is 3.32. The highest BCUT2D eigenvalue weighted by Gasteiger charge is 2.20. The summed E-state index contributed by atoms with van der Waals surface area (Å²) in [4.78, 5) is 2.08. The number of nitrogens with one attached hydrogen (secondary N) is 1. The molecule has 0 radical (unpaired) electrons. The lowest BCUT2D eigenvalue weighted by molar-refractivity contribution is 0.664. The molecule has 0 bridgehead atoms. The molecule has 1 fully saturated rings. The van der Waals surface area contributed by atoms with Crippen LogP contribution in [0.5, 0.6) is 0 Å². The van der Waals surface area contributed by atoms with Crippen molar-refractivity contribution in [3.63, 3.8) is 0 Å². The number of anilines is 1. The number of benzene rings is 1. The first-order chi connectivity index (χ1) is 10.2. The molecular formula is C16H19ClN4. The van der Waals surface area contributed by atoms with E-state index in [0.29, 0.717) is 6.04 Å². The van der Waals surface area contributed by atoms with Gasteiger partial charge in [-0.1, -0.05) is 23.7 Å². The summed E-state index contributed by atoms with van der Waals surface area (Å²) in [5, 5.41) is 12.8. The van der Waals surface area contributed by atoms with Gasteiger partial charge in [-0.15, -0.1) is 5.10 Å². The van der Waals surface area contributed by atoms with Crippen LogP contribution < -0.4 is 10.2 Å². The third-order valence-corrected chi connectivity index (χ3v) is 3.83. The van der Waals surface area contributed by atoms with Gasteiger partial charge in [-0.05, 0) is 42.7 Å². The predicted octanol–water partition coefficient (Wildman–Crippen LogP) is 3.02. The Balaban J connectivity index is 1.58. The van der Waals surface area contributed by atoms with E-state index >= 15 is 0 Å². The van der Waals surface area contributed by atoms with Gasteiger partial charge in [0.05, 0.1) is 5.69 Å². The second-order valence-corrected chi connectivity index (χ2v) is 5.96. The van der Waals surface area contributed by atoms with Crippen LogP contribution >= 0.6 is 11.6 Å². The van der Waals surface area contributed by atoms with Gasteiger partial charge in [0, 0.05) is 31.2 Å². The third kappa shape index (κ3) is 4.16. The summed E-state index contributed by atoms with van der Waals surface area (Å²) < 4.78 is 0. The van der Waals surface area contributed by atoms with Crippen LogP contribution in [0.25, 0.3) is 0 Å². The Hall–Kier alpha value is -1.65. The molecule has 0 saturated heterocycles. The number of rotatable bonds is 6. The monoisotopic (exact) mass is 302 g/mol. The topological polar surface area (TPSA) is 41.0 Å². The molecule has 110 valence electrons. The predicted molar refractivity (Wildman–Crippen MR) is 85.5 cm³/mol. The maximum absolute atomic E-state index is 5.90. The minimum Gasteiger partial charge on any atom is -0.354 e. The summed E-state index contributed by atoms with van der Waals surface area (Å²) in [6.45, 7) is 1.59. The molecule has 5 heteroatoms. The van der Waals surface area contributed by atoms with Crippen LogP contribution in [0.15, 0.2) is 36.4 Å². The van der Waals surface area contributed by atoms with E-state index < -0.39 is 0 Å². The SMILES string of the molecule is CN(Cc1ccc(Cl)cc1)c1ccc(CNC2CC2)nn1. The molecule has 1 N–H and O–H groups in total. The van der Waals surface area contributed by atoms with Crippen LogP contribution in [0.3, 0.4) is 0 Å².